The number of hydrogen-bond acceptors (Lipinski definition) is 3. The molecule has 0 bridgehead atoms. The maximum atomic E-state index is 12.8. The lowest BCUT2D eigenvalue weighted by molar-refractivity contribution is -0.104. The first-order valence-electron chi connectivity index (χ1n) is 13.9. The summed E-state index contributed by atoms with van der Waals surface area (Å²) in [6, 6.07) is 0. The Bertz CT molecular complexity index is 911. The number of hydrogen-bond donors (Lipinski definition) is 0. The van der Waals surface area contributed by atoms with Crippen molar-refractivity contribution in [3.05, 3.63) is 11.8 Å². The Labute approximate surface area is 210 Å². The summed E-state index contributed by atoms with van der Waals surface area (Å²) in [5.74, 6) is 4.48. The van der Waals surface area contributed by atoms with E-state index in [4.69, 9.17) is 0 Å². The molecular formula is C28H45F3O3S. The van der Waals surface area contributed by atoms with E-state index in [0.717, 1.165) is 36.5 Å². The SMILES string of the molecule is CC(C)CCCC(C)C1CCC2C3CC[C@H]4CC(OS(=O)(=O)C(F)(F)F)=CCC4(C)C3CCC12C. The molecule has 7 heteroatoms. The first kappa shape index (κ1) is 27.3. The Balaban J connectivity index is 1.46. The minimum Gasteiger partial charge on any atom is -0.381 e. The summed E-state index contributed by atoms with van der Waals surface area (Å²) in [5, 5.41) is 0. The van der Waals surface area contributed by atoms with Gasteiger partial charge in [0.15, 0.2) is 0 Å². The summed E-state index contributed by atoms with van der Waals surface area (Å²) in [7, 11) is -5.59. The van der Waals surface area contributed by atoms with Gasteiger partial charge in [-0.3, -0.25) is 0 Å². The second-order valence-electron chi connectivity index (χ2n) is 13.2. The predicted molar refractivity (Wildman–Crippen MR) is 133 cm³/mol. The highest BCUT2D eigenvalue weighted by Gasteiger charge is 2.60. The van der Waals surface area contributed by atoms with Gasteiger partial charge >= 0.3 is 15.6 Å². The molecule has 7 unspecified atom stereocenters. The second kappa shape index (κ2) is 9.54. The minimum atomic E-state index is -5.59. The fourth-order valence-electron chi connectivity index (χ4n) is 9.13. The average Bonchev–Trinajstić information content (AvgIpc) is 3.10. The summed E-state index contributed by atoms with van der Waals surface area (Å²) in [4.78, 5) is 0. The molecule has 4 aliphatic carbocycles. The lowest BCUT2D eigenvalue weighted by Crippen LogP contribution is -2.53. The van der Waals surface area contributed by atoms with Crippen molar-refractivity contribution < 1.29 is 25.8 Å². The third kappa shape index (κ3) is 4.93. The van der Waals surface area contributed by atoms with Gasteiger partial charge in [-0.2, -0.15) is 21.6 Å². The first-order chi connectivity index (χ1) is 16.2. The van der Waals surface area contributed by atoms with E-state index in [0.29, 0.717) is 30.1 Å². The monoisotopic (exact) mass is 518 g/mol. The van der Waals surface area contributed by atoms with E-state index in [-0.39, 0.29) is 17.1 Å². The molecule has 0 aromatic rings. The van der Waals surface area contributed by atoms with Crippen LogP contribution in [0.3, 0.4) is 0 Å². The Hall–Kier alpha value is -0.720. The summed E-state index contributed by atoms with van der Waals surface area (Å²) in [6.07, 6.45) is 13.6. The Morgan fingerprint density at radius 3 is 2.34 bits per heavy atom. The van der Waals surface area contributed by atoms with Gasteiger partial charge in [-0.05, 0) is 103 Å². The molecule has 35 heavy (non-hydrogen) atoms. The van der Waals surface area contributed by atoms with Gasteiger partial charge in [0.25, 0.3) is 0 Å². The molecule has 4 rings (SSSR count). The van der Waals surface area contributed by atoms with Crippen LogP contribution in [0.1, 0.15) is 105 Å². The van der Waals surface area contributed by atoms with Gasteiger partial charge in [0.1, 0.15) is 5.76 Å². The third-order valence-electron chi connectivity index (χ3n) is 11.0. The Morgan fingerprint density at radius 2 is 1.69 bits per heavy atom. The first-order valence-corrected chi connectivity index (χ1v) is 15.3. The lowest BCUT2D eigenvalue weighted by atomic mass is 9.45. The Morgan fingerprint density at radius 1 is 1.00 bits per heavy atom. The van der Waals surface area contributed by atoms with Crippen LogP contribution in [0.2, 0.25) is 0 Å². The Kier molecular flexibility index (Phi) is 7.45. The van der Waals surface area contributed by atoms with Crippen molar-refractivity contribution in [1.29, 1.82) is 0 Å². The van der Waals surface area contributed by atoms with E-state index >= 15 is 0 Å². The van der Waals surface area contributed by atoms with E-state index in [2.05, 4.69) is 38.8 Å². The molecule has 0 radical (unpaired) electrons. The van der Waals surface area contributed by atoms with E-state index in [1.807, 2.05) is 0 Å². The average molecular weight is 519 g/mol. The van der Waals surface area contributed by atoms with Crippen LogP contribution in [0.15, 0.2) is 11.8 Å². The third-order valence-corrected chi connectivity index (χ3v) is 12.0. The van der Waals surface area contributed by atoms with Crippen LogP contribution in [-0.2, 0) is 14.3 Å². The number of alkyl halides is 3. The number of allylic oxidation sites excluding steroid dienone is 2. The molecule has 8 atom stereocenters. The standard InChI is InChI=1S/C28H45F3O3S/c1-18(2)7-6-8-19(3)23-11-12-24-22-10-9-20-17-21(34-35(32,33)28(29,30)31)13-15-26(20,4)25(22)14-16-27(23,24)5/h13,18-20,22-25H,6-12,14-17H2,1-5H3/t19?,20-,22?,23?,24?,25?,26?,27?/m0/s1. The van der Waals surface area contributed by atoms with Crippen molar-refractivity contribution >= 4 is 10.1 Å². The summed E-state index contributed by atoms with van der Waals surface area (Å²) < 4.78 is 66.1. The fraction of sp³-hybridized carbons (Fsp3) is 0.929. The molecule has 3 nitrogen and oxygen atoms in total. The van der Waals surface area contributed by atoms with Crippen molar-refractivity contribution in [2.24, 2.45) is 52.3 Å². The topological polar surface area (TPSA) is 43.4 Å². The summed E-state index contributed by atoms with van der Waals surface area (Å²) in [5.41, 5.74) is -4.97. The molecule has 0 aromatic heterocycles. The molecule has 4 aliphatic rings. The van der Waals surface area contributed by atoms with Crippen molar-refractivity contribution in [2.45, 2.75) is 111 Å². The van der Waals surface area contributed by atoms with E-state index < -0.39 is 15.6 Å². The van der Waals surface area contributed by atoms with Gasteiger partial charge < -0.3 is 4.18 Å². The van der Waals surface area contributed by atoms with Crippen LogP contribution < -0.4 is 0 Å². The van der Waals surface area contributed by atoms with Crippen molar-refractivity contribution in [3.8, 4) is 0 Å². The lowest BCUT2D eigenvalue weighted by Gasteiger charge is -2.60. The van der Waals surface area contributed by atoms with E-state index in [1.165, 1.54) is 44.9 Å². The number of halogens is 3. The van der Waals surface area contributed by atoms with Crippen molar-refractivity contribution in [3.63, 3.8) is 0 Å². The maximum absolute atomic E-state index is 12.8. The zero-order valence-electron chi connectivity index (χ0n) is 22.2. The molecule has 0 aliphatic heterocycles. The molecule has 0 heterocycles. The molecule has 3 saturated carbocycles. The number of fused-ring (bicyclic) bond motifs is 5. The normalized spacial score (nSPS) is 40.5. The van der Waals surface area contributed by atoms with E-state index in [9.17, 15) is 21.6 Å². The molecule has 0 aromatic carbocycles. The fourth-order valence-corrected chi connectivity index (χ4v) is 9.64. The smallest absolute Gasteiger partial charge is 0.381 e. The molecule has 202 valence electrons. The van der Waals surface area contributed by atoms with Gasteiger partial charge in [0, 0.05) is 6.42 Å². The molecule has 3 fully saturated rings. The molecule has 0 spiro atoms. The summed E-state index contributed by atoms with van der Waals surface area (Å²) in [6.45, 7) is 12.0. The minimum absolute atomic E-state index is 0.0138. The predicted octanol–water partition coefficient (Wildman–Crippen LogP) is 8.47. The summed E-state index contributed by atoms with van der Waals surface area (Å²) >= 11 is 0. The van der Waals surface area contributed by atoms with Gasteiger partial charge in [-0.1, -0.05) is 53.9 Å². The van der Waals surface area contributed by atoms with Crippen molar-refractivity contribution in [2.75, 3.05) is 0 Å². The van der Waals surface area contributed by atoms with Crippen LogP contribution >= 0.6 is 0 Å². The van der Waals surface area contributed by atoms with Crippen LogP contribution in [0.25, 0.3) is 0 Å². The van der Waals surface area contributed by atoms with Crippen LogP contribution in [-0.4, -0.2) is 13.9 Å². The molecule has 0 N–H and O–H groups in total. The highest BCUT2D eigenvalue weighted by Crippen LogP contribution is 2.68. The molecular weight excluding hydrogens is 473 g/mol. The number of rotatable bonds is 7. The van der Waals surface area contributed by atoms with Crippen LogP contribution in [0.4, 0.5) is 13.2 Å². The zero-order valence-corrected chi connectivity index (χ0v) is 23.0. The highest BCUT2D eigenvalue weighted by molar-refractivity contribution is 7.87. The quantitative estimate of drug-likeness (QED) is 0.251. The van der Waals surface area contributed by atoms with Gasteiger partial charge in [0.05, 0.1) is 0 Å². The van der Waals surface area contributed by atoms with E-state index in [1.54, 1.807) is 6.08 Å². The van der Waals surface area contributed by atoms with Gasteiger partial charge in [0.2, 0.25) is 0 Å². The molecule has 0 amide bonds. The van der Waals surface area contributed by atoms with Crippen LogP contribution in [0.5, 0.6) is 0 Å². The van der Waals surface area contributed by atoms with Crippen molar-refractivity contribution in [1.82, 2.24) is 0 Å². The zero-order chi connectivity index (χ0) is 25.8. The second-order valence-corrected chi connectivity index (χ2v) is 14.8. The van der Waals surface area contributed by atoms with Gasteiger partial charge in [-0.25, -0.2) is 0 Å². The van der Waals surface area contributed by atoms with Gasteiger partial charge in [-0.15, -0.1) is 0 Å². The highest BCUT2D eigenvalue weighted by atomic mass is 32.2. The maximum Gasteiger partial charge on any atom is 0.534 e. The molecule has 0 saturated heterocycles. The van der Waals surface area contributed by atoms with Crippen LogP contribution in [0, 0.1) is 52.3 Å². The largest absolute Gasteiger partial charge is 0.534 e.